The number of nitrogens with one attached hydrogen (secondary N) is 1. The van der Waals surface area contributed by atoms with Crippen molar-refractivity contribution >= 4 is 29.9 Å². The Balaban J connectivity index is 0.00000242. The monoisotopic (exact) mass is 349 g/mol. The summed E-state index contributed by atoms with van der Waals surface area (Å²) in [6, 6.07) is 0. The van der Waals surface area contributed by atoms with Crippen molar-refractivity contribution in [1.82, 2.24) is 15.4 Å². The lowest BCUT2D eigenvalue weighted by Gasteiger charge is -2.32. The van der Waals surface area contributed by atoms with E-state index in [0.29, 0.717) is 18.1 Å². The number of carbonyl (C=O) groups is 1. The molecule has 1 aromatic heterocycles. The summed E-state index contributed by atoms with van der Waals surface area (Å²) in [6.45, 7) is 4.67. The fourth-order valence-corrected chi connectivity index (χ4v) is 3.12. The third-order valence-corrected chi connectivity index (χ3v) is 4.59. The van der Waals surface area contributed by atoms with Crippen LogP contribution in [0.2, 0.25) is 5.22 Å². The number of halogens is 2. The maximum absolute atomic E-state index is 12.3. The Kier molecular flexibility index (Phi) is 8.21. The number of amides is 1. The van der Waals surface area contributed by atoms with Gasteiger partial charge in [0.2, 0.25) is 11.1 Å². The summed E-state index contributed by atoms with van der Waals surface area (Å²) in [5, 5.41) is 7.31. The molecule has 1 N–H and O–H groups in total. The van der Waals surface area contributed by atoms with Crippen molar-refractivity contribution in [2.75, 3.05) is 26.7 Å². The number of hydrogen-bond donors (Lipinski definition) is 1. The largest absolute Gasteiger partial charge is 0.344 e. The van der Waals surface area contributed by atoms with Crippen LogP contribution in [0.3, 0.4) is 0 Å². The lowest BCUT2D eigenvalue weighted by atomic mass is 9.93. The van der Waals surface area contributed by atoms with Crippen LogP contribution in [0.1, 0.15) is 36.9 Å². The van der Waals surface area contributed by atoms with Crippen molar-refractivity contribution in [2.24, 2.45) is 5.92 Å². The Labute approximate surface area is 143 Å². The molecule has 22 heavy (non-hydrogen) atoms. The molecular weight excluding hydrogens is 325 g/mol. The molecule has 7 heteroatoms. The maximum Gasteiger partial charge on any atom is 0.229 e. The van der Waals surface area contributed by atoms with Crippen molar-refractivity contribution in [3.05, 3.63) is 16.5 Å². The van der Waals surface area contributed by atoms with Crippen molar-refractivity contribution in [1.29, 1.82) is 0 Å². The van der Waals surface area contributed by atoms with Gasteiger partial charge in [-0.1, -0.05) is 5.16 Å². The van der Waals surface area contributed by atoms with Crippen LogP contribution in [-0.2, 0) is 11.2 Å². The fraction of sp³-hybridized carbons (Fsp3) is 0.733. The second kappa shape index (κ2) is 9.38. The average Bonchev–Trinajstić information content (AvgIpc) is 2.82. The molecule has 0 radical (unpaired) electrons. The summed E-state index contributed by atoms with van der Waals surface area (Å²) in [7, 11) is 1.98. The molecule has 2 heterocycles. The van der Waals surface area contributed by atoms with E-state index in [0.717, 1.165) is 49.7 Å². The lowest BCUT2D eigenvalue weighted by molar-refractivity contribution is -0.132. The molecule has 0 atom stereocenters. The minimum atomic E-state index is 0. The van der Waals surface area contributed by atoms with Crippen LogP contribution >= 0.6 is 24.0 Å². The molecule has 0 bridgehead atoms. The van der Waals surface area contributed by atoms with Crippen LogP contribution in [0.15, 0.2) is 4.52 Å². The van der Waals surface area contributed by atoms with Gasteiger partial charge in [0, 0.05) is 25.1 Å². The van der Waals surface area contributed by atoms with Gasteiger partial charge in [0.15, 0.2) is 0 Å². The van der Waals surface area contributed by atoms with Gasteiger partial charge in [-0.25, -0.2) is 0 Å². The predicted molar refractivity (Wildman–Crippen MR) is 89.7 cm³/mol. The van der Waals surface area contributed by atoms with Crippen LogP contribution in [0.4, 0.5) is 0 Å². The highest BCUT2D eigenvalue weighted by Crippen LogP contribution is 2.23. The molecule has 1 saturated heterocycles. The minimum absolute atomic E-state index is 0. The Morgan fingerprint density at radius 3 is 2.68 bits per heavy atom. The molecule has 0 saturated carbocycles. The summed E-state index contributed by atoms with van der Waals surface area (Å²) in [6.07, 6.45) is 4.50. The third kappa shape index (κ3) is 5.14. The molecule has 2 rings (SSSR count). The summed E-state index contributed by atoms with van der Waals surface area (Å²) in [5.74, 6) is 0.954. The van der Waals surface area contributed by atoms with Gasteiger partial charge in [-0.2, -0.15) is 0 Å². The van der Waals surface area contributed by atoms with Gasteiger partial charge in [-0.05, 0) is 63.7 Å². The molecule has 126 valence electrons. The quantitative estimate of drug-likeness (QED) is 0.857. The van der Waals surface area contributed by atoms with E-state index >= 15 is 0 Å². The Morgan fingerprint density at radius 1 is 1.45 bits per heavy atom. The zero-order valence-electron chi connectivity index (χ0n) is 13.2. The zero-order valence-corrected chi connectivity index (χ0v) is 14.8. The van der Waals surface area contributed by atoms with Crippen LogP contribution < -0.4 is 5.32 Å². The first-order valence-electron chi connectivity index (χ1n) is 7.64. The molecule has 5 nitrogen and oxygen atoms in total. The predicted octanol–water partition coefficient (Wildman–Crippen LogP) is 2.84. The molecule has 1 aliphatic heterocycles. The maximum atomic E-state index is 12.3. The number of hydrogen-bond acceptors (Lipinski definition) is 4. The number of aromatic nitrogens is 1. The van der Waals surface area contributed by atoms with Crippen molar-refractivity contribution in [3.8, 4) is 0 Å². The van der Waals surface area contributed by atoms with Gasteiger partial charge in [0.05, 0.1) is 5.69 Å². The zero-order chi connectivity index (χ0) is 15.2. The van der Waals surface area contributed by atoms with E-state index in [2.05, 4.69) is 10.5 Å². The third-order valence-electron chi connectivity index (χ3n) is 4.30. The minimum Gasteiger partial charge on any atom is -0.344 e. The number of aryl methyl sites for hydroxylation is 1. The number of nitrogens with zero attached hydrogens (tertiary/aromatic N) is 2. The standard InChI is InChI=1S/C15H24ClN3O2.ClH/c1-11-13(15(16)21-18-11)3-4-14(20)19-9-6-12(7-10-19)5-8-17-2;/h12,17H,3-10H2,1-2H3;1H. The fourth-order valence-electron chi connectivity index (χ4n) is 2.85. The van der Waals surface area contributed by atoms with Crippen molar-refractivity contribution in [2.45, 2.75) is 39.0 Å². The van der Waals surface area contributed by atoms with Crippen molar-refractivity contribution < 1.29 is 9.32 Å². The summed E-state index contributed by atoms with van der Waals surface area (Å²) < 4.78 is 4.91. The van der Waals surface area contributed by atoms with Gasteiger partial charge in [0.1, 0.15) is 0 Å². The Hall–Kier alpha value is -0.780. The van der Waals surface area contributed by atoms with E-state index in [9.17, 15) is 4.79 Å². The summed E-state index contributed by atoms with van der Waals surface area (Å²) >= 11 is 5.92. The smallest absolute Gasteiger partial charge is 0.229 e. The first-order valence-corrected chi connectivity index (χ1v) is 8.02. The normalized spacial score (nSPS) is 15.7. The average molecular weight is 350 g/mol. The van der Waals surface area contributed by atoms with E-state index < -0.39 is 0 Å². The van der Waals surface area contributed by atoms with Gasteiger partial charge < -0.3 is 14.7 Å². The molecule has 1 aliphatic rings. The number of carbonyl (C=O) groups excluding carboxylic acids is 1. The molecule has 1 aromatic rings. The summed E-state index contributed by atoms with van der Waals surface area (Å²) in [5.41, 5.74) is 1.63. The highest BCUT2D eigenvalue weighted by molar-refractivity contribution is 6.29. The lowest BCUT2D eigenvalue weighted by Crippen LogP contribution is -2.39. The number of piperidine rings is 1. The van der Waals surface area contributed by atoms with E-state index in [4.69, 9.17) is 16.1 Å². The molecular formula is C15H25Cl2N3O2. The van der Waals surface area contributed by atoms with E-state index in [1.165, 1.54) is 6.42 Å². The number of likely N-dealkylation sites (tertiary alicyclic amines) is 1. The van der Waals surface area contributed by atoms with E-state index in [1.54, 1.807) is 0 Å². The van der Waals surface area contributed by atoms with E-state index in [1.807, 2.05) is 18.9 Å². The van der Waals surface area contributed by atoms with Crippen molar-refractivity contribution in [3.63, 3.8) is 0 Å². The SMILES string of the molecule is CNCCC1CCN(C(=O)CCc2c(C)noc2Cl)CC1.Cl. The molecule has 0 aliphatic carbocycles. The van der Waals surface area contributed by atoms with Gasteiger partial charge in [-0.15, -0.1) is 12.4 Å². The highest BCUT2D eigenvalue weighted by Gasteiger charge is 2.23. The van der Waals surface area contributed by atoms with Crippen LogP contribution in [-0.4, -0.2) is 42.6 Å². The van der Waals surface area contributed by atoms with Gasteiger partial charge in [-0.3, -0.25) is 4.79 Å². The molecule has 1 amide bonds. The van der Waals surface area contributed by atoms with Crippen LogP contribution in [0.5, 0.6) is 0 Å². The molecule has 0 spiro atoms. The van der Waals surface area contributed by atoms with Gasteiger partial charge >= 0.3 is 0 Å². The molecule has 1 fully saturated rings. The molecule has 0 aromatic carbocycles. The molecule has 0 unspecified atom stereocenters. The second-order valence-corrected chi connectivity index (χ2v) is 6.08. The Morgan fingerprint density at radius 2 is 2.14 bits per heavy atom. The first-order chi connectivity index (χ1) is 10.1. The van der Waals surface area contributed by atoms with E-state index in [-0.39, 0.29) is 18.3 Å². The first kappa shape index (κ1) is 19.3. The highest BCUT2D eigenvalue weighted by atomic mass is 35.5. The Bertz CT molecular complexity index is 452. The van der Waals surface area contributed by atoms with Crippen LogP contribution in [0, 0.1) is 12.8 Å². The van der Waals surface area contributed by atoms with Crippen LogP contribution in [0.25, 0.3) is 0 Å². The second-order valence-electron chi connectivity index (χ2n) is 5.74. The topological polar surface area (TPSA) is 58.4 Å². The van der Waals surface area contributed by atoms with Gasteiger partial charge in [0.25, 0.3) is 0 Å². The number of rotatable bonds is 6. The summed E-state index contributed by atoms with van der Waals surface area (Å²) in [4.78, 5) is 14.2.